The Hall–Kier alpha value is -3.23. The molecule has 8 heteroatoms. The number of hydrogen-bond donors (Lipinski definition) is 0. The van der Waals surface area contributed by atoms with E-state index < -0.39 is 27.6 Å². The second-order valence-corrected chi connectivity index (χ2v) is 9.08. The SMILES string of the molecule is O=C1C(=Cc2ccccc2F)CN(S(=O)(=O)c2ccc(F)cc2)CC1c1cccnc1. The zero-order chi connectivity index (χ0) is 22.0. The number of nitrogens with zero attached hydrogens (tertiary/aromatic N) is 2. The average molecular weight is 440 g/mol. The molecule has 1 fully saturated rings. The van der Waals surface area contributed by atoms with Crippen LogP contribution in [0.3, 0.4) is 0 Å². The summed E-state index contributed by atoms with van der Waals surface area (Å²) in [4.78, 5) is 17.2. The van der Waals surface area contributed by atoms with Crippen LogP contribution in [0.5, 0.6) is 0 Å². The summed E-state index contributed by atoms with van der Waals surface area (Å²) in [5.41, 5.74) is 0.915. The summed E-state index contributed by atoms with van der Waals surface area (Å²) >= 11 is 0. The Kier molecular flexibility index (Phi) is 5.75. The monoisotopic (exact) mass is 440 g/mol. The number of pyridine rings is 1. The van der Waals surface area contributed by atoms with Crippen molar-refractivity contribution >= 4 is 21.9 Å². The third kappa shape index (κ3) is 4.30. The summed E-state index contributed by atoms with van der Waals surface area (Å²) in [6, 6.07) is 13.8. The van der Waals surface area contributed by atoms with Crippen molar-refractivity contribution < 1.29 is 22.0 Å². The summed E-state index contributed by atoms with van der Waals surface area (Å²) in [5.74, 6) is -2.15. The molecule has 1 unspecified atom stereocenters. The van der Waals surface area contributed by atoms with Gasteiger partial charge in [0.1, 0.15) is 11.6 Å². The highest BCUT2D eigenvalue weighted by molar-refractivity contribution is 7.89. The third-order valence-corrected chi connectivity index (χ3v) is 6.96. The molecule has 2 aromatic carbocycles. The van der Waals surface area contributed by atoms with Gasteiger partial charge in [0.05, 0.1) is 10.8 Å². The van der Waals surface area contributed by atoms with Crippen LogP contribution in [0.2, 0.25) is 0 Å². The van der Waals surface area contributed by atoms with Gasteiger partial charge < -0.3 is 0 Å². The van der Waals surface area contributed by atoms with Crippen molar-refractivity contribution in [1.29, 1.82) is 0 Å². The number of carbonyl (C=O) groups excluding carboxylic acids is 1. The molecule has 5 nitrogen and oxygen atoms in total. The minimum atomic E-state index is -4.02. The number of piperidine rings is 1. The van der Waals surface area contributed by atoms with Gasteiger partial charge in [-0.15, -0.1) is 0 Å². The Morgan fingerprint density at radius 2 is 1.74 bits per heavy atom. The van der Waals surface area contributed by atoms with Crippen molar-refractivity contribution in [1.82, 2.24) is 9.29 Å². The molecule has 0 N–H and O–H groups in total. The lowest BCUT2D eigenvalue weighted by molar-refractivity contribution is -0.118. The van der Waals surface area contributed by atoms with Gasteiger partial charge in [-0.25, -0.2) is 17.2 Å². The van der Waals surface area contributed by atoms with Crippen molar-refractivity contribution in [3.8, 4) is 0 Å². The average Bonchev–Trinajstić information content (AvgIpc) is 2.77. The fourth-order valence-corrected chi connectivity index (χ4v) is 4.95. The van der Waals surface area contributed by atoms with Gasteiger partial charge in [0.25, 0.3) is 0 Å². The van der Waals surface area contributed by atoms with Crippen molar-refractivity contribution in [3.63, 3.8) is 0 Å². The van der Waals surface area contributed by atoms with Crippen LogP contribution in [0.1, 0.15) is 17.0 Å². The minimum Gasteiger partial charge on any atom is -0.294 e. The quantitative estimate of drug-likeness (QED) is 0.579. The van der Waals surface area contributed by atoms with Crippen LogP contribution in [-0.2, 0) is 14.8 Å². The summed E-state index contributed by atoms with van der Waals surface area (Å²) in [6.07, 6.45) is 4.45. The summed E-state index contributed by atoms with van der Waals surface area (Å²) in [6.45, 7) is -0.317. The Labute approximate surface area is 178 Å². The van der Waals surface area contributed by atoms with Gasteiger partial charge in [0, 0.05) is 36.6 Å². The zero-order valence-electron chi connectivity index (χ0n) is 16.3. The first kappa shape index (κ1) is 21.0. The minimum absolute atomic E-state index is 0.0848. The number of Topliss-reactive ketones (excluding diaryl/α,β-unsaturated/α-hetero) is 1. The molecule has 0 radical (unpaired) electrons. The molecule has 4 rings (SSSR count). The van der Waals surface area contributed by atoms with Gasteiger partial charge in [0.2, 0.25) is 10.0 Å². The molecule has 1 saturated heterocycles. The van der Waals surface area contributed by atoms with E-state index >= 15 is 0 Å². The van der Waals surface area contributed by atoms with Crippen molar-refractivity contribution in [2.75, 3.05) is 13.1 Å². The van der Waals surface area contributed by atoms with Gasteiger partial charge in [-0.1, -0.05) is 24.3 Å². The molecule has 0 saturated carbocycles. The zero-order valence-corrected chi connectivity index (χ0v) is 17.1. The molecule has 31 heavy (non-hydrogen) atoms. The number of rotatable bonds is 4. The number of hydrogen-bond acceptors (Lipinski definition) is 4. The molecule has 158 valence electrons. The summed E-state index contributed by atoms with van der Waals surface area (Å²) in [7, 11) is -4.02. The van der Waals surface area contributed by atoms with Crippen molar-refractivity contribution in [2.24, 2.45) is 0 Å². The Balaban J connectivity index is 1.78. The highest BCUT2D eigenvalue weighted by Crippen LogP contribution is 2.31. The summed E-state index contributed by atoms with van der Waals surface area (Å²) < 4.78 is 55.1. The lowest BCUT2D eigenvalue weighted by Gasteiger charge is -2.32. The molecular formula is C23H18F2N2O3S. The van der Waals surface area contributed by atoms with E-state index in [1.807, 2.05) is 0 Å². The van der Waals surface area contributed by atoms with E-state index in [1.165, 1.54) is 42.6 Å². The molecule has 0 spiro atoms. The van der Waals surface area contributed by atoms with Gasteiger partial charge in [-0.2, -0.15) is 4.31 Å². The number of halogens is 2. The number of sulfonamides is 1. The van der Waals surface area contributed by atoms with Crippen molar-refractivity contribution in [3.05, 3.63) is 101 Å². The lowest BCUT2D eigenvalue weighted by atomic mass is 9.87. The Bertz CT molecular complexity index is 1240. The van der Waals surface area contributed by atoms with E-state index in [4.69, 9.17) is 0 Å². The number of ketones is 1. The van der Waals surface area contributed by atoms with Crippen LogP contribution in [0.25, 0.3) is 6.08 Å². The maximum Gasteiger partial charge on any atom is 0.243 e. The van der Waals surface area contributed by atoms with E-state index in [0.29, 0.717) is 5.56 Å². The van der Waals surface area contributed by atoms with Gasteiger partial charge in [0.15, 0.2) is 5.78 Å². The van der Waals surface area contributed by atoms with E-state index in [0.717, 1.165) is 16.4 Å². The molecule has 0 aliphatic carbocycles. The lowest BCUT2D eigenvalue weighted by Crippen LogP contribution is -2.44. The van der Waals surface area contributed by atoms with Crippen LogP contribution in [0.15, 0.2) is 83.5 Å². The normalized spacial score (nSPS) is 19.0. The van der Waals surface area contributed by atoms with E-state index in [2.05, 4.69) is 4.98 Å². The van der Waals surface area contributed by atoms with Crippen LogP contribution >= 0.6 is 0 Å². The van der Waals surface area contributed by atoms with Crippen LogP contribution in [-0.4, -0.2) is 36.6 Å². The first-order valence-corrected chi connectivity index (χ1v) is 11.0. The molecule has 1 aliphatic heterocycles. The Morgan fingerprint density at radius 1 is 1.00 bits per heavy atom. The van der Waals surface area contributed by atoms with Crippen LogP contribution < -0.4 is 0 Å². The standard InChI is InChI=1S/C23H18F2N2O3S/c24-19-7-9-20(10-8-19)31(29,30)27-14-18(12-16-4-1-2-6-22(16)25)23(28)21(15-27)17-5-3-11-26-13-17/h1-13,21H,14-15H2. The highest BCUT2D eigenvalue weighted by atomic mass is 32.2. The number of benzene rings is 2. The van der Waals surface area contributed by atoms with E-state index in [9.17, 15) is 22.0 Å². The van der Waals surface area contributed by atoms with Gasteiger partial charge in [-0.3, -0.25) is 9.78 Å². The maximum atomic E-state index is 14.2. The highest BCUT2D eigenvalue weighted by Gasteiger charge is 2.38. The fourth-order valence-electron chi connectivity index (χ4n) is 3.52. The molecule has 0 bridgehead atoms. The molecule has 1 aliphatic rings. The predicted octanol–water partition coefficient (Wildman–Crippen LogP) is 3.80. The van der Waals surface area contributed by atoms with Gasteiger partial charge in [-0.05, 0) is 48.0 Å². The molecule has 1 aromatic heterocycles. The largest absolute Gasteiger partial charge is 0.294 e. The van der Waals surface area contributed by atoms with E-state index in [-0.39, 0.29) is 34.9 Å². The summed E-state index contributed by atoms with van der Waals surface area (Å²) in [5, 5.41) is 0. The van der Waals surface area contributed by atoms with Crippen LogP contribution in [0, 0.1) is 11.6 Å². The third-order valence-electron chi connectivity index (χ3n) is 5.14. The predicted molar refractivity (Wildman–Crippen MR) is 112 cm³/mol. The second-order valence-electron chi connectivity index (χ2n) is 7.15. The topological polar surface area (TPSA) is 67.3 Å². The van der Waals surface area contributed by atoms with Crippen molar-refractivity contribution in [2.45, 2.75) is 10.8 Å². The number of carbonyl (C=O) groups is 1. The molecule has 2 heterocycles. The first-order valence-electron chi connectivity index (χ1n) is 9.51. The molecule has 0 amide bonds. The van der Waals surface area contributed by atoms with Gasteiger partial charge >= 0.3 is 0 Å². The Morgan fingerprint density at radius 3 is 2.42 bits per heavy atom. The van der Waals surface area contributed by atoms with E-state index in [1.54, 1.807) is 24.4 Å². The molecule has 1 atom stereocenters. The maximum absolute atomic E-state index is 14.2. The molecule has 3 aromatic rings. The number of aromatic nitrogens is 1. The van der Waals surface area contributed by atoms with Crippen LogP contribution in [0.4, 0.5) is 8.78 Å². The fraction of sp³-hybridized carbons (Fsp3) is 0.130. The first-order chi connectivity index (χ1) is 14.9. The smallest absolute Gasteiger partial charge is 0.243 e. The molecular weight excluding hydrogens is 422 g/mol. The second kappa shape index (κ2) is 8.49.